The molecular weight excluding hydrogens is 346 g/mol. The lowest BCUT2D eigenvalue weighted by Crippen LogP contribution is -2.32. The molecule has 0 amide bonds. The molecule has 28 heavy (non-hydrogen) atoms. The van der Waals surface area contributed by atoms with E-state index < -0.39 is 11.9 Å². The van der Waals surface area contributed by atoms with Gasteiger partial charge in [-0.15, -0.1) is 0 Å². The molecule has 3 heteroatoms. The van der Waals surface area contributed by atoms with Crippen LogP contribution < -0.4 is 0 Å². The molecular formula is C25H27NO2. The summed E-state index contributed by atoms with van der Waals surface area (Å²) in [6.07, 6.45) is 21.0. The van der Waals surface area contributed by atoms with Crippen LogP contribution in [-0.4, -0.2) is 16.8 Å². The molecule has 0 radical (unpaired) electrons. The van der Waals surface area contributed by atoms with Crippen molar-refractivity contribution < 1.29 is 9.90 Å². The first kappa shape index (κ1) is 18.7. The lowest BCUT2D eigenvalue weighted by Gasteiger charge is -2.30. The van der Waals surface area contributed by atoms with Gasteiger partial charge in [-0.1, -0.05) is 61.1 Å². The van der Waals surface area contributed by atoms with E-state index in [1.807, 2.05) is 12.2 Å². The lowest BCUT2D eigenvalue weighted by molar-refractivity contribution is -0.138. The third-order valence-corrected chi connectivity index (χ3v) is 6.17. The third-order valence-electron chi connectivity index (χ3n) is 6.17. The van der Waals surface area contributed by atoms with Crippen molar-refractivity contribution in [3.63, 3.8) is 0 Å². The van der Waals surface area contributed by atoms with E-state index in [4.69, 9.17) is 5.41 Å². The van der Waals surface area contributed by atoms with Crippen molar-refractivity contribution >= 4 is 11.7 Å². The van der Waals surface area contributed by atoms with Crippen LogP contribution in [0.4, 0.5) is 0 Å². The molecule has 0 bridgehead atoms. The fourth-order valence-electron chi connectivity index (χ4n) is 4.90. The Balaban J connectivity index is 1.63. The molecule has 0 aliphatic heterocycles. The van der Waals surface area contributed by atoms with Gasteiger partial charge in [-0.2, -0.15) is 0 Å². The van der Waals surface area contributed by atoms with Crippen molar-refractivity contribution in [2.75, 3.05) is 0 Å². The average molecular weight is 373 g/mol. The van der Waals surface area contributed by atoms with Crippen LogP contribution >= 0.6 is 0 Å². The van der Waals surface area contributed by atoms with Crippen molar-refractivity contribution in [3.8, 4) is 0 Å². The summed E-state index contributed by atoms with van der Waals surface area (Å²) in [6.45, 7) is 4.33. The highest BCUT2D eigenvalue weighted by molar-refractivity contribution is 6.14. The number of carbonyl (C=O) groups is 1. The predicted octanol–water partition coefficient (Wildman–Crippen LogP) is 5.71. The number of nitrogens with one attached hydrogen (secondary N) is 1. The molecule has 4 rings (SSSR count). The van der Waals surface area contributed by atoms with E-state index in [1.54, 1.807) is 0 Å². The van der Waals surface area contributed by atoms with Crippen molar-refractivity contribution in [2.24, 2.45) is 17.8 Å². The minimum Gasteiger partial charge on any atom is -0.481 e. The van der Waals surface area contributed by atoms with Crippen LogP contribution in [0.3, 0.4) is 0 Å². The number of fused-ring (bicyclic) bond motifs is 2. The van der Waals surface area contributed by atoms with Gasteiger partial charge in [0.25, 0.3) is 0 Å². The number of allylic oxidation sites excluding steroid dienone is 13. The summed E-state index contributed by atoms with van der Waals surface area (Å²) in [6, 6.07) is 0. The second-order valence-electron chi connectivity index (χ2n) is 8.11. The van der Waals surface area contributed by atoms with Gasteiger partial charge in [0, 0.05) is 5.92 Å². The van der Waals surface area contributed by atoms with Crippen molar-refractivity contribution in [3.05, 3.63) is 82.0 Å². The van der Waals surface area contributed by atoms with Gasteiger partial charge in [0.2, 0.25) is 0 Å². The van der Waals surface area contributed by atoms with Gasteiger partial charge in [-0.3, -0.25) is 4.79 Å². The molecule has 0 aromatic rings. The molecule has 4 aliphatic carbocycles. The molecule has 0 heterocycles. The van der Waals surface area contributed by atoms with Gasteiger partial charge in [0.1, 0.15) is 5.92 Å². The summed E-state index contributed by atoms with van der Waals surface area (Å²) in [7, 11) is 0. The zero-order valence-electron chi connectivity index (χ0n) is 16.5. The number of rotatable bonds is 5. The van der Waals surface area contributed by atoms with Crippen LogP contribution in [0.5, 0.6) is 0 Å². The minimum absolute atomic E-state index is 0.0781. The number of hydrogen-bond donors (Lipinski definition) is 2. The molecule has 0 aromatic heterocycles. The van der Waals surface area contributed by atoms with Gasteiger partial charge < -0.3 is 10.5 Å². The van der Waals surface area contributed by atoms with Crippen LogP contribution in [0.15, 0.2) is 82.0 Å². The molecule has 2 N–H and O–H groups in total. The monoisotopic (exact) mass is 373 g/mol. The highest BCUT2D eigenvalue weighted by Crippen LogP contribution is 2.54. The molecule has 4 aliphatic rings. The molecule has 0 fully saturated rings. The Bertz CT molecular complexity index is 949. The van der Waals surface area contributed by atoms with E-state index in [0.29, 0.717) is 5.92 Å². The standard InChI is InChI=1S/C25H27NO2/c1-3-4-5-7-15(2)12-16-10-11-17-20(13-16)18-8-6-9-19-23(18)21(17)14-22(24(19)26)25(27)28/h4-5,7-11,14,16,22-23,26H,3,6,12-13H2,1-2H3,(H,27,28). The summed E-state index contributed by atoms with van der Waals surface area (Å²) in [5.41, 5.74) is 7.52. The van der Waals surface area contributed by atoms with E-state index in [2.05, 4.69) is 50.3 Å². The highest BCUT2D eigenvalue weighted by atomic mass is 16.4. The molecule has 3 unspecified atom stereocenters. The molecule has 144 valence electrons. The SMILES string of the molecule is CCC=CC=C(C)CC1C=CC2=C(C1)C1=CCC=C3C(=N)C(C(=O)O)C=C2C31. The first-order valence-corrected chi connectivity index (χ1v) is 10.2. The first-order chi connectivity index (χ1) is 13.5. The fraction of sp³-hybridized carbons (Fsp3) is 0.360. The molecule has 3 atom stereocenters. The van der Waals surface area contributed by atoms with Crippen molar-refractivity contribution in [2.45, 2.75) is 39.5 Å². The Hall–Kier alpha value is -2.68. The Morgan fingerprint density at radius 1 is 1.29 bits per heavy atom. The van der Waals surface area contributed by atoms with Crippen LogP contribution in [0.1, 0.15) is 39.5 Å². The Kier molecular flexibility index (Phi) is 4.92. The summed E-state index contributed by atoms with van der Waals surface area (Å²) >= 11 is 0. The summed E-state index contributed by atoms with van der Waals surface area (Å²) in [4.78, 5) is 11.7. The smallest absolute Gasteiger partial charge is 0.316 e. The van der Waals surface area contributed by atoms with E-state index in [1.165, 1.54) is 22.3 Å². The lowest BCUT2D eigenvalue weighted by atomic mass is 9.73. The van der Waals surface area contributed by atoms with Gasteiger partial charge in [0.05, 0.1) is 5.71 Å². The molecule has 0 saturated heterocycles. The first-order valence-electron chi connectivity index (χ1n) is 10.2. The summed E-state index contributed by atoms with van der Waals surface area (Å²) in [5, 5.41) is 18.0. The quantitative estimate of drug-likeness (QED) is 0.607. The predicted molar refractivity (Wildman–Crippen MR) is 113 cm³/mol. The normalized spacial score (nSPS) is 28.8. The van der Waals surface area contributed by atoms with E-state index >= 15 is 0 Å². The van der Waals surface area contributed by atoms with Crippen molar-refractivity contribution in [1.29, 1.82) is 5.41 Å². The number of hydrogen-bond acceptors (Lipinski definition) is 2. The number of aliphatic carboxylic acids is 1. The second kappa shape index (κ2) is 7.38. The van der Waals surface area contributed by atoms with Crippen LogP contribution in [-0.2, 0) is 4.79 Å². The number of carboxylic acids is 1. The fourth-order valence-corrected chi connectivity index (χ4v) is 4.90. The minimum atomic E-state index is -0.930. The topological polar surface area (TPSA) is 61.2 Å². The summed E-state index contributed by atoms with van der Waals surface area (Å²) in [5.74, 6) is -1.21. The Morgan fingerprint density at radius 3 is 2.82 bits per heavy atom. The Labute approximate surface area is 166 Å². The molecule has 0 saturated carbocycles. The molecule has 3 nitrogen and oxygen atoms in total. The second-order valence-corrected chi connectivity index (χ2v) is 8.11. The van der Waals surface area contributed by atoms with Crippen LogP contribution in [0, 0.1) is 23.2 Å². The largest absolute Gasteiger partial charge is 0.481 e. The zero-order chi connectivity index (χ0) is 19.8. The maximum absolute atomic E-state index is 11.7. The van der Waals surface area contributed by atoms with Gasteiger partial charge in [0.15, 0.2) is 0 Å². The average Bonchev–Trinajstić information content (AvgIpc) is 2.99. The van der Waals surface area contributed by atoms with E-state index in [0.717, 1.165) is 36.8 Å². The molecule has 0 spiro atoms. The van der Waals surface area contributed by atoms with E-state index in [-0.39, 0.29) is 11.6 Å². The van der Waals surface area contributed by atoms with Crippen molar-refractivity contribution in [1.82, 2.24) is 0 Å². The van der Waals surface area contributed by atoms with Crippen LogP contribution in [0.2, 0.25) is 0 Å². The maximum atomic E-state index is 11.7. The maximum Gasteiger partial charge on any atom is 0.316 e. The van der Waals surface area contributed by atoms with Crippen LogP contribution in [0.25, 0.3) is 0 Å². The van der Waals surface area contributed by atoms with Gasteiger partial charge in [-0.05, 0) is 66.4 Å². The van der Waals surface area contributed by atoms with Gasteiger partial charge >= 0.3 is 5.97 Å². The van der Waals surface area contributed by atoms with E-state index in [9.17, 15) is 9.90 Å². The third kappa shape index (κ3) is 3.09. The Morgan fingerprint density at radius 2 is 2.07 bits per heavy atom. The highest BCUT2D eigenvalue weighted by Gasteiger charge is 2.44. The molecule has 0 aromatic carbocycles. The van der Waals surface area contributed by atoms with Gasteiger partial charge in [-0.25, -0.2) is 0 Å². The summed E-state index contributed by atoms with van der Waals surface area (Å²) < 4.78 is 0. The number of carboxylic acid groups (broad SMARTS) is 1. The zero-order valence-corrected chi connectivity index (χ0v) is 16.5.